The molecule has 1 atom stereocenters. The quantitative estimate of drug-likeness (QED) is 0.141. The van der Waals surface area contributed by atoms with Crippen LogP contribution in [0.2, 0.25) is 0 Å². The van der Waals surface area contributed by atoms with Crippen molar-refractivity contribution in [1.29, 1.82) is 0 Å². The van der Waals surface area contributed by atoms with Crippen LogP contribution in [0.15, 0.2) is 0 Å². The molecule has 0 aromatic rings. The molecule has 0 radical (unpaired) electrons. The number of hydrogen-bond donors (Lipinski definition) is 5. The van der Waals surface area contributed by atoms with Crippen molar-refractivity contribution < 1.29 is 14.4 Å². The fourth-order valence-corrected chi connectivity index (χ4v) is 4.79. The first-order valence-electron chi connectivity index (χ1n) is 14.8. The first-order valence-corrected chi connectivity index (χ1v) is 14.8. The number of hydrogen-bond acceptors (Lipinski definition) is 5. The van der Waals surface area contributed by atoms with Gasteiger partial charge in [0.2, 0.25) is 17.7 Å². The summed E-state index contributed by atoms with van der Waals surface area (Å²) in [4.78, 5) is 37.5. The number of carbonyl (C=O) groups excluding carboxylic acids is 3. The van der Waals surface area contributed by atoms with E-state index in [-0.39, 0.29) is 23.8 Å². The Morgan fingerprint density at radius 2 is 1.22 bits per heavy atom. The average Bonchev–Trinajstić information content (AvgIpc) is 2.87. The highest BCUT2D eigenvalue weighted by atomic mass is 16.2. The highest BCUT2D eigenvalue weighted by Gasteiger charge is 2.23. The van der Waals surface area contributed by atoms with Gasteiger partial charge in [0.15, 0.2) is 0 Å². The number of unbranched alkanes of at least 4 members (excludes halogenated alkanes) is 9. The summed E-state index contributed by atoms with van der Waals surface area (Å²) in [6, 6.07) is -0.274. The fourth-order valence-electron chi connectivity index (χ4n) is 4.79. The van der Waals surface area contributed by atoms with Gasteiger partial charge >= 0.3 is 0 Å². The Kier molecular flexibility index (Phi) is 20.2. The van der Waals surface area contributed by atoms with Crippen LogP contribution in [0.25, 0.3) is 0 Å². The average molecular weight is 510 g/mol. The molecule has 0 aliphatic heterocycles. The molecular weight excluding hydrogens is 454 g/mol. The predicted octanol–water partition coefficient (Wildman–Crippen LogP) is 3.81. The van der Waals surface area contributed by atoms with E-state index in [1.165, 1.54) is 6.42 Å². The van der Waals surface area contributed by atoms with E-state index in [0.29, 0.717) is 25.8 Å². The second-order valence-corrected chi connectivity index (χ2v) is 10.4. The Balaban J connectivity index is 2.32. The SMILES string of the molecule is NCCCCCCCC(=O)NCCCC[C@H](NC(=O)CCCCCCCN)C(=O)NC1CCCCC1. The van der Waals surface area contributed by atoms with E-state index in [2.05, 4.69) is 16.0 Å². The third kappa shape index (κ3) is 17.7. The molecule has 7 N–H and O–H groups in total. The monoisotopic (exact) mass is 509 g/mol. The van der Waals surface area contributed by atoms with Gasteiger partial charge in [-0.2, -0.15) is 0 Å². The second kappa shape index (κ2) is 22.5. The number of carbonyl (C=O) groups is 3. The van der Waals surface area contributed by atoms with Gasteiger partial charge in [-0.15, -0.1) is 0 Å². The number of nitrogens with two attached hydrogens (primary N) is 2. The maximum absolute atomic E-state index is 13.0. The van der Waals surface area contributed by atoms with Crippen LogP contribution in [-0.2, 0) is 14.4 Å². The topological polar surface area (TPSA) is 139 Å². The number of amides is 3. The minimum absolute atomic E-state index is 0.0441. The smallest absolute Gasteiger partial charge is 0.242 e. The summed E-state index contributed by atoms with van der Waals surface area (Å²) < 4.78 is 0. The minimum atomic E-state index is -0.499. The summed E-state index contributed by atoms with van der Waals surface area (Å²) in [6.45, 7) is 2.07. The van der Waals surface area contributed by atoms with Gasteiger partial charge in [-0.25, -0.2) is 0 Å². The molecule has 0 spiro atoms. The molecule has 0 aromatic heterocycles. The van der Waals surface area contributed by atoms with Crippen LogP contribution in [0.3, 0.4) is 0 Å². The molecule has 0 heterocycles. The highest BCUT2D eigenvalue weighted by molar-refractivity contribution is 5.87. The van der Waals surface area contributed by atoms with Crippen LogP contribution in [0, 0.1) is 0 Å². The van der Waals surface area contributed by atoms with E-state index in [0.717, 1.165) is 116 Å². The number of nitrogens with one attached hydrogen (secondary N) is 3. The first kappa shape index (κ1) is 32.4. The summed E-state index contributed by atoms with van der Waals surface area (Å²) in [5.74, 6) is -0.00515. The third-order valence-corrected chi connectivity index (χ3v) is 7.06. The Bertz CT molecular complexity index is 582. The zero-order valence-corrected chi connectivity index (χ0v) is 22.8. The zero-order chi connectivity index (χ0) is 26.3. The Morgan fingerprint density at radius 1 is 0.667 bits per heavy atom. The zero-order valence-electron chi connectivity index (χ0n) is 22.8. The van der Waals surface area contributed by atoms with E-state index in [1.807, 2.05) is 0 Å². The largest absolute Gasteiger partial charge is 0.356 e. The van der Waals surface area contributed by atoms with Gasteiger partial charge in [-0.3, -0.25) is 14.4 Å². The number of rotatable bonds is 22. The molecule has 210 valence electrons. The van der Waals surface area contributed by atoms with Gasteiger partial charge in [0.25, 0.3) is 0 Å². The molecule has 1 saturated carbocycles. The summed E-state index contributed by atoms with van der Waals surface area (Å²) in [6.07, 6.45) is 19.2. The molecule has 8 heteroatoms. The summed E-state index contributed by atoms with van der Waals surface area (Å²) >= 11 is 0. The molecule has 1 aliphatic rings. The van der Waals surface area contributed by atoms with Crippen molar-refractivity contribution in [3.63, 3.8) is 0 Å². The van der Waals surface area contributed by atoms with Crippen molar-refractivity contribution in [2.24, 2.45) is 11.5 Å². The van der Waals surface area contributed by atoms with Crippen molar-refractivity contribution >= 4 is 17.7 Å². The Labute approximate surface area is 219 Å². The standard InChI is InChI=1S/C28H55N5O3/c29-21-13-5-1-3-10-19-26(34)31-23-15-12-18-25(28(36)32-24-16-8-7-9-17-24)33-27(35)20-11-4-2-6-14-22-30/h24-25H,1-23,29-30H2,(H,31,34)(H,32,36)(H,33,35)/t25-/m0/s1. The van der Waals surface area contributed by atoms with Crippen molar-refractivity contribution in [3.05, 3.63) is 0 Å². The lowest BCUT2D eigenvalue weighted by atomic mass is 9.95. The molecular formula is C28H55N5O3. The Hall–Kier alpha value is -1.67. The lowest BCUT2D eigenvalue weighted by Gasteiger charge is -2.26. The van der Waals surface area contributed by atoms with E-state index < -0.39 is 6.04 Å². The molecule has 36 heavy (non-hydrogen) atoms. The van der Waals surface area contributed by atoms with Crippen molar-refractivity contribution in [1.82, 2.24) is 16.0 Å². The lowest BCUT2D eigenvalue weighted by molar-refractivity contribution is -0.129. The van der Waals surface area contributed by atoms with Crippen molar-refractivity contribution in [3.8, 4) is 0 Å². The van der Waals surface area contributed by atoms with Gasteiger partial charge in [-0.05, 0) is 70.9 Å². The molecule has 1 aliphatic carbocycles. The van der Waals surface area contributed by atoms with E-state index in [9.17, 15) is 14.4 Å². The molecule has 1 fully saturated rings. The fraction of sp³-hybridized carbons (Fsp3) is 0.893. The van der Waals surface area contributed by atoms with Crippen LogP contribution in [0.1, 0.15) is 128 Å². The van der Waals surface area contributed by atoms with Gasteiger partial charge in [0, 0.05) is 25.4 Å². The van der Waals surface area contributed by atoms with Crippen molar-refractivity contribution in [2.45, 2.75) is 141 Å². The molecule has 3 amide bonds. The lowest BCUT2D eigenvalue weighted by Crippen LogP contribution is -2.50. The molecule has 8 nitrogen and oxygen atoms in total. The van der Waals surface area contributed by atoms with E-state index >= 15 is 0 Å². The normalized spacial score (nSPS) is 14.8. The van der Waals surface area contributed by atoms with Crippen LogP contribution in [-0.4, -0.2) is 49.4 Å². The van der Waals surface area contributed by atoms with E-state index in [1.54, 1.807) is 0 Å². The van der Waals surface area contributed by atoms with Crippen LogP contribution in [0.4, 0.5) is 0 Å². The van der Waals surface area contributed by atoms with Gasteiger partial charge in [0.1, 0.15) is 6.04 Å². The van der Waals surface area contributed by atoms with E-state index in [4.69, 9.17) is 11.5 Å². The first-order chi connectivity index (χ1) is 17.6. The summed E-state index contributed by atoms with van der Waals surface area (Å²) in [5, 5.41) is 9.15. The van der Waals surface area contributed by atoms with Gasteiger partial charge < -0.3 is 27.4 Å². The maximum atomic E-state index is 13.0. The maximum Gasteiger partial charge on any atom is 0.242 e. The van der Waals surface area contributed by atoms with Crippen LogP contribution >= 0.6 is 0 Å². The van der Waals surface area contributed by atoms with Crippen LogP contribution < -0.4 is 27.4 Å². The second-order valence-electron chi connectivity index (χ2n) is 10.4. The summed E-state index contributed by atoms with van der Waals surface area (Å²) in [5.41, 5.74) is 11.0. The molecule has 0 unspecified atom stereocenters. The third-order valence-electron chi connectivity index (χ3n) is 7.06. The van der Waals surface area contributed by atoms with Gasteiger partial charge in [-0.1, -0.05) is 57.8 Å². The highest BCUT2D eigenvalue weighted by Crippen LogP contribution is 2.18. The van der Waals surface area contributed by atoms with Crippen molar-refractivity contribution in [2.75, 3.05) is 19.6 Å². The minimum Gasteiger partial charge on any atom is -0.356 e. The summed E-state index contributed by atoms with van der Waals surface area (Å²) in [7, 11) is 0. The molecule has 0 bridgehead atoms. The molecule has 0 saturated heterocycles. The molecule has 1 rings (SSSR count). The van der Waals surface area contributed by atoms with Crippen LogP contribution in [0.5, 0.6) is 0 Å². The predicted molar refractivity (Wildman–Crippen MR) is 147 cm³/mol. The molecule has 0 aromatic carbocycles. The van der Waals surface area contributed by atoms with Gasteiger partial charge in [0.05, 0.1) is 0 Å². The Morgan fingerprint density at radius 3 is 1.83 bits per heavy atom.